The van der Waals surface area contributed by atoms with E-state index in [1.807, 2.05) is 32.0 Å². The number of benzene rings is 2. The summed E-state index contributed by atoms with van der Waals surface area (Å²) in [4.78, 5) is 27.6. The normalized spacial score (nSPS) is 11.5. The number of ether oxygens (including phenoxy) is 2. The van der Waals surface area contributed by atoms with Gasteiger partial charge in [-0.1, -0.05) is 32.0 Å². The molecule has 0 saturated heterocycles. The van der Waals surface area contributed by atoms with Crippen molar-refractivity contribution in [3.8, 4) is 11.5 Å². The van der Waals surface area contributed by atoms with Gasteiger partial charge in [0.15, 0.2) is 11.5 Å². The maximum absolute atomic E-state index is 13.3. The summed E-state index contributed by atoms with van der Waals surface area (Å²) in [7, 11) is 3.14. The predicted molar refractivity (Wildman–Crippen MR) is 122 cm³/mol. The Morgan fingerprint density at radius 2 is 1.66 bits per heavy atom. The molecule has 1 atom stereocenters. The molecule has 0 aliphatic heterocycles. The van der Waals surface area contributed by atoms with Crippen LogP contribution in [0.25, 0.3) is 0 Å². The zero-order chi connectivity index (χ0) is 23.5. The van der Waals surface area contributed by atoms with Crippen LogP contribution in [0, 0.1) is 5.82 Å². The zero-order valence-corrected chi connectivity index (χ0v) is 19.3. The molecule has 0 fully saturated rings. The number of methoxy groups -OCH3 is 2. The molecule has 0 aliphatic carbocycles. The number of carbonyl (C=O) groups excluding carboxylic acids is 2. The summed E-state index contributed by atoms with van der Waals surface area (Å²) in [6.07, 6.45) is 2.02. The van der Waals surface area contributed by atoms with Crippen molar-refractivity contribution in [2.75, 3.05) is 20.8 Å². The smallest absolute Gasteiger partial charge is 0.242 e. The molecule has 174 valence electrons. The minimum atomic E-state index is -0.593. The number of amides is 2. The van der Waals surface area contributed by atoms with E-state index in [1.165, 1.54) is 12.1 Å². The van der Waals surface area contributed by atoms with E-state index in [2.05, 4.69) is 5.32 Å². The molecular formula is C25H33FN2O4. The lowest BCUT2D eigenvalue weighted by Crippen LogP contribution is -2.49. The van der Waals surface area contributed by atoms with E-state index < -0.39 is 6.04 Å². The summed E-state index contributed by atoms with van der Waals surface area (Å²) >= 11 is 0. The number of nitrogens with one attached hydrogen (secondary N) is 1. The second-order valence-electron chi connectivity index (χ2n) is 7.55. The summed E-state index contributed by atoms with van der Waals surface area (Å²) in [6.45, 7) is 4.66. The molecular weight excluding hydrogens is 411 g/mol. The minimum absolute atomic E-state index is 0.136. The molecule has 7 heteroatoms. The topological polar surface area (TPSA) is 67.9 Å². The van der Waals surface area contributed by atoms with Gasteiger partial charge in [0.1, 0.15) is 11.9 Å². The highest BCUT2D eigenvalue weighted by atomic mass is 19.1. The Morgan fingerprint density at radius 3 is 2.25 bits per heavy atom. The molecule has 0 heterocycles. The Morgan fingerprint density at radius 1 is 1.00 bits per heavy atom. The number of nitrogens with zero attached hydrogens (tertiary/aromatic N) is 1. The van der Waals surface area contributed by atoms with Gasteiger partial charge in [-0.05, 0) is 54.7 Å². The maximum Gasteiger partial charge on any atom is 0.242 e. The molecule has 6 nitrogen and oxygen atoms in total. The van der Waals surface area contributed by atoms with Gasteiger partial charge in [-0.3, -0.25) is 9.59 Å². The van der Waals surface area contributed by atoms with E-state index in [0.29, 0.717) is 30.9 Å². The predicted octanol–water partition coefficient (Wildman–Crippen LogP) is 4.11. The van der Waals surface area contributed by atoms with Gasteiger partial charge in [0.2, 0.25) is 11.8 Å². The first-order valence-electron chi connectivity index (χ1n) is 11.0. The van der Waals surface area contributed by atoms with Gasteiger partial charge >= 0.3 is 0 Å². The quantitative estimate of drug-likeness (QED) is 0.535. The minimum Gasteiger partial charge on any atom is -0.493 e. The number of aryl methyl sites for hydroxylation is 1. The fourth-order valence-electron chi connectivity index (χ4n) is 3.50. The van der Waals surface area contributed by atoms with Crippen LogP contribution in [0.15, 0.2) is 42.5 Å². The maximum atomic E-state index is 13.3. The molecule has 2 rings (SSSR count). The van der Waals surface area contributed by atoms with Crippen LogP contribution < -0.4 is 14.8 Å². The van der Waals surface area contributed by atoms with Gasteiger partial charge in [0.05, 0.1) is 14.2 Å². The zero-order valence-electron chi connectivity index (χ0n) is 19.3. The molecule has 2 amide bonds. The monoisotopic (exact) mass is 444 g/mol. The Balaban J connectivity index is 2.20. The lowest BCUT2D eigenvalue weighted by molar-refractivity contribution is -0.141. The molecule has 2 aromatic rings. The van der Waals surface area contributed by atoms with E-state index in [-0.39, 0.29) is 30.6 Å². The number of halogens is 1. The number of hydrogen-bond donors (Lipinski definition) is 1. The third-order valence-electron chi connectivity index (χ3n) is 5.28. The molecule has 0 spiro atoms. The van der Waals surface area contributed by atoms with Crippen molar-refractivity contribution in [1.82, 2.24) is 10.2 Å². The van der Waals surface area contributed by atoms with Crippen molar-refractivity contribution in [1.29, 1.82) is 0 Å². The van der Waals surface area contributed by atoms with E-state index in [1.54, 1.807) is 31.3 Å². The highest BCUT2D eigenvalue weighted by Gasteiger charge is 2.28. The van der Waals surface area contributed by atoms with Gasteiger partial charge in [0, 0.05) is 19.5 Å². The van der Waals surface area contributed by atoms with E-state index in [4.69, 9.17) is 9.47 Å². The first-order valence-corrected chi connectivity index (χ1v) is 11.0. The Labute approximate surface area is 189 Å². The third kappa shape index (κ3) is 6.97. The first kappa shape index (κ1) is 25.2. The Bertz CT molecular complexity index is 886. The Kier molecular flexibility index (Phi) is 9.98. The van der Waals surface area contributed by atoms with Crippen LogP contribution in [-0.4, -0.2) is 43.5 Å². The van der Waals surface area contributed by atoms with Crippen LogP contribution >= 0.6 is 0 Å². The molecule has 0 bridgehead atoms. The molecule has 0 radical (unpaired) electrons. The van der Waals surface area contributed by atoms with Crippen LogP contribution in [0.1, 0.15) is 44.2 Å². The van der Waals surface area contributed by atoms with Crippen LogP contribution in [0.5, 0.6) is 11.5 Å². The standard InChI is InChI=1S/C25H33FN2O4/c1-5-15-27-25(30)21(6-2)28(17-19-7-11-20(26)12-8-19)24(29)14-10-18-9-13-22(31-3)23(16-18)32-4/h7-9,11-13,16,21H,5-6,10,14-15,17H2,1-4H3,(H,27,30)/t21-/m0/s1. The fourth-order valence-corrected chi connectivity index (χ4v) is 3.50. The van der Waals surface area contributed by atoms with Crippen LogP contribution in [0.3, 0.4) is 0 Å². The average molecular weight is 445 g/mol. The summed E-state index contributed by atoms with van der Waals surface area (Å²) in [6, 6.07) is 11.0. The van der Waals surface area contributed by atoms with Gasteiger partial charge in [0.25, 0.3) is 0 Å². The van der Waals surface area contributed by atoms with Gasteiger partial charge < -0.3 is 19.7 Å². The largest absolute Gasteiger partial charge is 0.493 e. The molecule has 0 saturated carbocycles. The van der Waals surface area contributed by atoms with E-state index in [0.717, 1.165) is 17.5 Å². The lowest BCUT2D eigenvalue weighted by atomic mass is 10.1. The number of rotatable bonds is 12. The SMILES string of the molecule is CCCNC(=O)[C@H](CC)N(Cc1ccc(F)cc1)C(=O)CCc1ccc(OC)c(OC)c1. The van der Waals surface area contributed by atoms with Crippen molar-refractivity contribution in [2.24, 2.45) is 0 Å². The van der Waals surface area contributed by atoms with Crippen molar-refractivity contribution in [2.45, 2.75) is 52.1 Å². The first-order chi connectivity index (χ1) is 15.4. The molecule has 0 unspecified atom stereocenters. The number of carbonyl (C=O) groups is 2. The fraction of sp³-hybridized carbons (Fsp3) is 0.440. The van der Waals surface area contributed by atoms with Crippen molar-refractivity contribution >= 4 is 11.8 Å². The molecule has 32 heavy (non-hydrogen) atoms. The Hall–Kier alpha value is -3.09. The highest BCUT2D eigenvalue weighted by molar-refractivity contribution is 5.87. The molecule has 1 N–H and O–H groups in total. The van der Waals surface area contributed by atoms with Gasteiger partial charge in [-0.25, -0.2) is 4.39 Å². The van der Waals surface area contributed by atoms with Crippen LogP contribution in [-0.2, 0) is 22.6 Å². The molecule has 0 aromatic heterocycles. The second-order valence-corrected chi connectivity index (χ2v) is 7.55. The molecule has 2 aromatic carbocycles. The van der Waals surface area contributed by atoms with Crippen molar-refractivity contribution in [3.05, 3.63) is 59.4 Å². The van der Waals surface area contributed by atoms with Crippen LogP contribution in [0.2, 0.25) is 0 Å². The van der Waals surface area contributed by atoms with Crippen LogP contribution in [0.4, 0.5) is 4.39 Å². The summed E-state index contributed by atoms with van der Waals surface area (Å²) in [5.74, 6) is 0.580. The lowest BCUT2D eigenvalue weighted by Gasteiger charge is -2.30. The van der Waals surface area contributed by atoms with Gasteiger partial charge in [-0.15, -0.1) is 0 Å². The van der Waals surface area contributed by atoms with E-state index >= 15 is 0 Å². The van der Waals surface area contributed by atoms with E-state index in [9.17, 15) is 14.0 Å². The van der Waals surface area contributed by atoms with Crippen molar-refractivity contribution in [3.63, 3.8) is 0 Å². The van der Waals surface area contributed by atoms with Gasteiger partial charge in [-0.2, -0.15) is 0 Å². The summed E-state index contributed by atoms with van der Waals surface area (Å²) in [5.41, 5.74) is 1.70. The third-order valence-corrected chi connectivity index (χ3v) is 5.28. The highest BCUT2D eigenvalue weighted by Crippen LogP contribution is 2.28. The summed E-state index contributed by atoms with van der Waals surface area (Å²) in [5, 5.41) is 2.89. The van der Waals surface area contributed by atoms with Crippen molar-refractivity contribution < 1.29 is 23.5 Å². The second kappa shape index (κ2) is 12.7. The average Bonchev–Trinajstić information content (AvgIpc) is 2.81. The summed E-state index contributed by atoms with van der Waals surface area (Å²) < 4.78 is 23.9. The number of hydrogen-bond acceptors (Lipinski definition) is 4. The molecule has 0 aliphatic rings.